The van der Waals surface area contributed by atoms with E-state index in [1.165, 1.54) is 17.8 Å². The van der Waals surface area contributed by atoms with Gasteiger partial charge < -0.3 is 5.73 Å². The minimum Gasteiger partial charge on any atom is -0.384 e. The van der Waals surface area contributed by atoms with E-state index >= 15 is 0 Å². The molecule has 0 bridgehead atoms. The molecule has 21 heavy (non-hydrogen) atoms. The van der Waals surface area contributed by atoms with Crippen molar-refractivity contribution in [2.45, 2.75) is 17.3 Å². The molecule has 8 heteroatoms. The fourth-order valence-electron chi connectivity index (χ4n) is 1.85. The molecule has 0 spiro atoms. The summed E-state index contributed by atoms with van der Waals surface area (Å²) in [5.41, 5.74) is 6.55. The highest BCUT2D eigenvalue weighted by molar-refractivity contribution is 7.99. The summed E-state index contributed by atoms with van der Waals surface area (Å²) in [5, 5.41) is 4.50. The van der Waals surface area contributed by atoms with Gasteiger partial charge in [0.2, 0.25) is 0 Å². The van der Waals surface area contributed by atoms with Gasteiger partial charge in [-0.05, 0) is 29.8 Å². The Morgan fingerprint density at radius 2 is 2.05 bits per heavy atom. The van der Waals surface area contributed by atoms with Crippen LogP contribution in [0.3, 0.4) is 0 Å². The van der Waals surface area contributed by atoms with E-state index in [4.69, 9.17) is 28.9 Å². The molecule has 1 unspecified atom stereocenters. The summed E-state index contributed by atoms with van der Waals surface area (Å²) < 4.78 is 1.00. The SMILES string of the molecule is CC(Sc1nc(N)cc(Cl)n1)c1cc2ccsc2c(Cl)n1. The van der Waals surface area contributed by atoms with Crippen molar-refractivity contribution < 1.29 is 0 Å². The quantitative estimate of drug-likeness (QED) is 0.315. The predicted octanol–water partition coefficient (Wildman–Crippen LogP) is 4.83. The number of hydrogen-bond donors (Lipinski definition) is 1. The summed E-state index contributed by atoms with van der Waals surface area (Å²) in [7, 11) is 0. The summed E-state index contributed by atoms with van der Waals surface area (Å²) in [4.78, 5) is 12.8. The van der Waals surface area contributed by atoms with Crippen molar-refractivity contribution in [1.29, 1.82) is 0 Å². The van der Waals surface area contributed by atoms with Crippen molar-refractivity contribution in [2.75, 3.05) is 5.73 Å². The molecule has 0 aliphatic rings. The van der Waals surface area contributed by atoms with Crippen LogP contribution in [-0.4, -0.2) is 15.0 Å². The zero-order valence-electron chi connectivity index (χ0n) is 10.9. The van der Waals surface area contributed by atoms with Crippen LogP contribution in [0.2, 0.25) is 10.3 Å². The van der Waals surface area contributed by atoms with Crippen molar-refractivity contribution in [3.05, 3.63) is 39.6 Å². The van der Waals surface area contributed by atoms with Gasteiger partial charge in [0.1, 0.15) is 16.1 Å². The van der Waals surface area contributed by atoms with Crippen LogP contribution in [0.25, 0.3) is 10.1 Å². The number of rotatable bonds is 3. The normalized spacial score (nSPS) is 12.7. The Balaban J connectivity index is 1.91. The van der Waals surface area contributed by atoms with Crippen LogP contribution in [0.1, 0.15) is 17.9 Å². The van der Waals surface area contributed by atoms with Gasteiger partial charge in [-0.1, -0.05) is 35.0 Å². The third-order valence-corrected chi connectivity index (χ3v) is 5.31. The molecule has 3 heterocycles. The number of thiophene rings is 1. The summed E-state index contributed by atoms with van der Waals surface area (Å²) >= 11 is 15.1. The molecule has 108 valence electrons. The zero-order chi connectivity index (χ0) is 15.0. The van der Waals surface area contributed by atoms with E-state index in [2.05, 4.69) is 15.0 Å². The largest absolute Gasteiger partial charge is 0.384 e. The average Bonchev–Trinajstić information content (AvgIpc) is 2.86. The van der Waals surface area contributed by atoms with Gasteiger partial charge in [0.25, 0.3) is 0 Å². The van der Waals surface area contributed by atoms with E-state index in [0.29, 0.717) is 21.3 Å². The second kappa shape index (κ2) is 5.96. The van der Waals surface area contributed by atoms with Gasteiger partial charge in [-0.15, -0.1) is 11.3 Å². The Bertz CT molecular complexity index is 786. The molecule has 1 atom stereocenters. The van der Waals surface area contributed by atoms with E-state index in [1.807, 2.05) is 24.4 Å². The summed E-state index contributed by atoms with van der Waals surface area (Å²) in [6.45, 7) is 2.02. The lowest BCUT2D eigenvalue weighted by atomic mass is 10.2. The summed E-state index contributed by atoms with van der Waals surface area (Å²) in [6, 6.07) is 5.58. The third kappa shape index (κ3) is 3.23. The molecule has 0 saturated carbocycles. The molecule has 0 aliphatic heterocycles. The molecule has 0 radical (unpaired) electrons. The van der Waals surface area contributed by atoms with Gasteiger partial charge in [0.15, 0.2) is 5.16 Å². The number of nitrogens with two attached hydrogens (primary N) is 1. The van der Waals surface area contributed by atoms with Crippen LogP contribution in [0, 0.1) is 0 Å². The molecule has 4 nitrogen and oxygen atoms in total. The fraction of sp³-hybridized carbons (Fsp3) is 0.154. The van der Waals surface area contributed by atoms with E-state index in [1.54, 1.807) is 11.3 Å². The molecular weight excluding hydrogens is 347 g/mol. The van der Waals surface area contributed by atoms with Gasteiger partial charge in [-0.3, -0.25) is 0 Å². The monoisotopic (exact) mass is 356 g/mol. The first-order valence-electron chi connectivity index (χ1n) is 6.03. The predicted molar refractivity (Wildman–Crippen MR) is 90.4 cm³/mol. The number of nitrogen functional groups attached to an aromatic ring is 1. The molecule has 0 amide bonds. The Morgan fingerprint density at radius 3 is 2.81 bits per heavy atom. The first-order valence-corrected chi connectivity index (χ1v) is 8.55. The highest BCUT2D eigenvalue weighted by atomic mass is 35.5. The molecule has 0 aliphatic carbocycles. The molecule has 2 N–H and O–H groups in total. The maximum atomic E-state index is 6.22. The number of halogens is 2. The number of aromatic nitrogens is 3. The van der Waals surface area contributed by atoms with E-state index in [-0.39, 0.29) is 5.25 Å². The Labute approximate surface area is 139 Å². The van der Waals surface area contributed by atoms with Crippen LogP contribution in [-0.2, 0) is 0 Å². The first-order chi connectivity index (χ1) is 10.0. The fourth-order valence-corrected chi connectivity index (χ4v) is 4.05. The molecule has 0 aromatic carbocycles. The average molecular weight is 357 g/mol. The Hall–Kier alpha value is -1.08. The van der Waals surface area contributed by atoms with Gasteiger partial charge >= 0.3 is 0 Å². The number of thioether (sulfide) groups is 1. The van der Waals surface area contributed by atoms with E-state index < -0.39 is 0 Å². The zero-order valence-corrected chi connectivity index (χ0v) is 14.0. The third-order valence-electron chi connectivity index (χ3n) is 2.81. The molecule has 3 aromatic heterocycles. The minimum atomic E-state index is 0.0321. The van der Waals surface area contributed by atoms with Crippen LogP contribution < -0.4 is 5.73 Å². The lowest BCUT2D eigenvalue weighted by Crippen LogP contribution is -1.98. The first kappa shape index (κ1) is 14.8. The Kier molecular flexibility index (Phi) is 4.21. The second-order valence-electron chi connectivity index (χ2n) is 4.34. The molecular formula is C13H10Cl2N4S2. The van der Waals surface area contributed by atoms with Gasteiger partial charge in [0.05, 0.1) is 15.6 Å². The molecule has 3 aromatic rings. The number of nitrogens with zero attached hydrogens (tertiary/aromatic N) is 3. The van der Waals surface area contributed by atoms with Crippen molar-refractivity contribution in [3.8, 4) is 0 Å². The lowest BCUT2D eigenvalue weighted by molar-refractivity contribution is 0.947. The van der Waals surface area contributed by atoms with E-state index in [9.17, 15) is 0 Å². The maximum absolute atomic E-state index is 6.22. The topological polar surface area (TPSA) is 64.7 Å². The van der Waals surface area contributed by atoms with Gasteiger partial charge in [0, 0.05) is 6.07 Å². The highest BCUT2D eigenvalue weighted by Gasteiger charge is 2.15. The number of fused-ring (bicyclic) bond motifs is 1. The molecule has 0 saturated heterocycles. The van der Waals surface area contributed by atoms with Crippen LogP contribution in [0.15, 0.2) is 28.7 Å². The smallest absolute Gasteiger partial charge is 0.191 e. The van der Waals surface area contributed by atoms with Gasteiger partial charge in [-0.2, -0.15) is 0 Å². The van der Waals surface area contributed by atoms with Crippen molar-refractivity contribution in [1.82, 2.24) is 15.0 Å². The summed E-state index contributed by atoms with van der Waals surface area (Å²) in [5.74, 6) is 0.351. The molecule has 3 rings (SSSR count). The van der Waals surface area contributed by atoms with Crippen LogP contribution in [0.5, 0.6) is 0 Å². The number of hydrogen-bond acceptors (Lipinski definition) is 6. The van der Waals surface area contributed by atoms with Gasteiger partial charge in [-0.25, -0.2) is 15.0 Å². The lowest BCUT2D eigenvalue weighted by Gasteiger charge is -2.11. The van der Waals surface area contributed by atoms with Crippen LogP contribution >= 0.6 is 46.3 Å². The minimum absolute atomic E-state index is 0.0321. The standard InChI is InChI=1S/C13H10Cl2N4S2/c1-6(21-13-18-9(14)5-10(16)19-13)8-4-7-2-3-20-11(7)12(15)17-8/h2-6H,1H3,(H2,16,18,19). The van der Waals surface area contributed by atoms with Crippen molar-refractivity contribution in [3.63, 3.8) is 0 Å². The number of pyridine rings is 1. The second-order valence-corrected chi connectivity index (χ2v) is 7.30. The maximum Gasteiger partial charge on any atom is 0.191 e. The van der Waals surface area contributed by atoms with E-state index in [0.717, 1.165) is 15.8 Å². The Morgan fingerprint density at radius 1 is 1.24 bits per heavy atom. The van der Waals surface area contributed by atoms with Crippen molar-refractivity contribution >= 4 is 62.2 Å². The van der Waals surface area contributed by atoms with Crippen LogP contribution in [0.4, 0.5) is 5.82 Å². The summed E-state index contributed by atoms with van der Waals surface area (Å²) in [6.07, 6.45) is 0. The molecule has 0 fully saturated rings. The highest BCUT2D eigenvalue weighted by Crippen LogP contribution is 2.36. The number of anilines is 1. The van der Waals surface area contributed by atoms with Crippen molar-refractivity contribution in [2.24, 2.45) is 0 Å².